The lowest BCUT2D eigenvalue weighted by atomic mass is 9.94. The van der Waals surface area contributed by atoms with Gasteiger partial charge in [0, 0.05) is 38.6 Å². The third kappa shape index (κ3) is 5.53. The monoisotopic (exact) mass is 413 g/mol. The van der Waals surface area contributed by atoms with Crippen LogP contribution >= 0.6 is 11.3 Å². The van der Waals surface area contributed by atoms with Crippen LogP contribution in [0.15, 0.2) is 21.7 Å². The Morgan fingerprint density at radius 1 is 1.22 bits per heavy atom. The van der Waals surface area contributed by atoms with E-state index in [2.05, 4.69) is 17.1 Å². The maximum Gasteiger partial charge on any atom is 0.252 e. The predicted molar refractivity (Wildman–Crippen MR) is 108 cm³/mol. The minimum Gasteiger partial charge on any atom is -0.355 e. The summed E-state index contributed by atoms with van der Waals surface area (Å²) in [5.74, 6) is 0.368. The summed E-state index contributed by atoms with van der Waals surface area (Å²) in [5.41, 5.74) is 0. The second-order valence-corrected chi connectivity index (χ2v) is 10.8. The topological polar surface area (TPSA) is 69.7 Å². The van der Waals surface area contributed by atoms with Crippen LogP contribution in [0.4, 0.5) is 0 Å². The van der Waals surface area contributed by atoms with Crippen molar-refractivity contribution in [1.82, 2.24) is 14.5 Å². The molecule has 0 unspecified atom stereocenters. The number of nitrogens with zero attached hydrogens (tertiary/aromatic N) is 2. The van der Waals surface area contributed by atoms with Crippen molar-refractivity contribution in [2.45, 2.75) is 55.7 Å². The summed E-state index contributed by atoms with van der Waals surface area (Å²) in [4.78, 5) is 14.7. The molecule has 6 nitrogen and oxygen atoms in total. The Bertz CT molecular complexity index is 698. The van der Waals surface area contributed by atoms with Crippen LogP contribution in [-0.2, 0) is 14.8 Å². The van der Waals surface area contributed by atoms with Crippen LogP contribution in [0, 0.1) is 5.92 Å². The largest absolute Gasteiger partial charge is 0.355 e. The zero-order valence-corrected chi connectivity index (χ0v) is 17.7. The van der Waals surface area contributed by atoms with E-state index < -0.39 is 10.0 Å². The molecule has 0 radical (unpaired) electrons. The smallest absolute Gasteiger partial charge is 0.252 e. The molecule has 1 atom stereocenters. The number of hydrogen-bond acceptors (Lipinski definition) is 5. The number of rotatable bonds is 7. The van der Waals surface area contributed by atoms with Gasteiger partial charge in [-0.25, -0.2) is 8.42 Å². The minimum absolute atomic E-state index is 0.0965. The maximum atomic E-state index is 12.5. The van der Waals surface area contributed by atoms with Crippen molar-refractivity contribution in [2.75, 3.05) is 32.7 Å². The summed E-state index contributed by atoms with van der Waals surface area (Å²) < 4.78 is 27.1. The highest BCUT2D eigenvalue weighted by atomic mass is 32.2. The molecule has 2 aliphatic rings. The number of hydrogen-bond donors (Lipinski definition) is 1. The van der Waals surface area contributed by atoms with Crippen molar-refractivity contribution in [3.05, 3.63) is 17.5 Å². The maximum absolute atomic E-state index is 12.5. The van der Waals surface area contributed by atoms with Crippen molar-refractivity contribution < 1.29 is 13.2 Å². The third-order valence-corrected chi connectivity index (χ3v) is 9.07. The summed E-state index contributed by atoms with van der Waals surface area (Å²) in [6.07, 6.45) is 5.82. The Labute approximate surface area is 167 Å². The van der Waals surface area contributed by atoms with E-state index in [1.54, 1.807) is 21.8 Å². The van der Waals surface area contributed by atoms with Crippen molar-refractivity contribution in [3.8, 4) is 0 Å². The molecule has 152 valence electrons. The van der Waals surface area contributed by atoms with E-state index in [0.29, 0.717) is 36.3 Å². The molecule has 1 aromatic rings. The van der Waals surface area contributed by atoms with Crippen molar-refractivity contribution in [1.29, 1.82) is 0 Å². The average Bonchev–Trinajstić information content (AvgIpc) is 3.19. The normalized spacial score (nSPS) is 23.4. The van der Waals surface area contributed by atoms with Gasteiger partial charge in [0.1, 0.15) is 4.21 Å². The summed E-state index contributed by atoms with van der Waals surface area (Å²) in [6, 6.07) is 4.03. The Morgan fingerprint density at radius 3 is 2.67 bits per heavy atom. The van der Waals surface area contributed by atoms with Crippen LogP contribution < -0.4 is 5.32 Å². The van der Waals surface area contributed by atoms with Crippen LogP contribution in [0.2, 0.25) is 0 Å². The number of carbonyl (C=O) groups excluding carboxylic acids is 1. The lowest BCUT2D eigenvalue weighted by Gasteiger charge is -2.33. The van der Waals surface area contributed by atoms with Gasteiger partial charge in [0.25, 0.3) is 10.0 Å². The number of carbonyl (C=O) groups is 1. The molecule has 2 saturated heterocycles. The summed E-state index contributed by atoms with van der Waals surface area (Å²) in [5, 5.41) is 4.84. The fourth-order valence-electron chi connectivity index (χ4n) is 4.05. The number of amides is 1. The number of nitrogens with one attached hydrogen (secondary N) is 1. The number of sulfonamides is 1. The van der Waals surface area contributed by atoms with Gasteiger partial charge in [0.05, 0.1) is 0 Å². The summed E-state index contributed by atoms with van der Waals surface area (Å²) in [6.45, 7) is 6.03. The van der Waals surface area contributed by atoms with Crippen molar-refractivity contribution in [3.63, 3.8) is 0 Å². The van der Waals surface area contributed by atoms with E-state index in [0.717, 1.165) is 25.9 Å². The molecule has 0 spiro atoms. The van der Waals surface area contributed by atoms with Crippen molar-refractivity contribution in [2.24, 2.45) is 5.92 Å². The molecule has 8 heteroatoms. The molecular weight excluding hydrogens is 382 g/mol. The molecule has 1 amide bonds. The van der Waals surface area contributed by atoms with Crippen LogP contribution in [-0.4, -0.2) is 62.3 Å². The lowest BCUT2D eigenvalue weighted by Crippen LogP contribution is -2.43. The molecule has 0 saturated carbocycles. The van der Waals surface area contributed by atoms with Gasteiger partial charge in [-0.1, -0.05) is 12.5 Å². The second-order valence-electron chi connectivity index (χ2n) is 7.71. The Hall–Kier alpha value is -0.960. The number of piperidine rings is 2. The van der Waals surface area contributed by atoms with Gasteiger partial charge in [0.15, 0.2) is 0 Å². The van der Waals surface area contributed by atoms with Gasteiger partial charge in [-0.3, -0.25) is 9.69 Å². The van der Waals surface area contributed by atoms with E-state index in [4.69, 9.17) is 0 Å². The highest BCUT2D eigenvalue weighted by Gasteiger charge is 2.30. The minimum atomic E-state index is -3.36. The molecule has 0 aromatic carbocycles. The Kier molecular flexibility index (Phi) is 7.30. The second kappa shape index (κ2) is 9.49. The lowest BCUT2D eigenvalue weighted by molar-refractivity contribution is -0.122. The van der Waals surface area contributed by atoms with Crippen LogP contribution in [0.3, 0.4) is 0 Å². The Balaban J connectivity index is 1.37. The molecule has 1 aromatic heterocycles. The number of likely N-dealkylation sites (tertiary alicyclic amines) is 1. The first-order valence-corrected chi connectivity index (χ1v) is 12.3. The van der Waals surface area contributed by atoms with Crippen LogP contribution in [0.25, 0.3) is 0 Å². The molecule has 1 N–H and O–H groups in total. The fraction of sp³-hybridized carbons (Fsp3) is 0.737. The van der Waals surface area contributed by atoms with Gasteiger partial charge in [-0.15, -0.1) is 11.3 Å². The van der Waals surface area contributed by atoms with Crippen molar-refractivity contribution >= 4 is 27.3 Å². The van der Waals surface area contributed by atoms with E-state index in [1.807, 2.05) is 0 Å². The Morgan fingerprint density at radius 2 is 2.00 bits per heavy atom. The molecule has 2 aliphatic heterocycles. The molecule has 3 rings (SSSR count). The van der Waals surface area contributed by atoms with Gasteiger partial charge in [0.2, 0.25) is 5.91 Å². The van der Waals surface area contributed by atoms with Gasteiger partial charge >= 0.3 is 0 Å². The summed E-state index contributed by atoms with van der Waals surface area (Å²) in [7, 11) is -3.36. The third-order valence-electron chi connectivity index (χ3n) is 5.80. The van der Waals surface area contributed by atoms with Crippen LogP contribution in [0.5, 0.6) is 0 Å². The first kappa shape index (κ1) is 20.8. The average molecular weight is 414 g/mol. The zero-order valence-electron chi connectivity index (χ0n) is 16.1. The van der Waals surface area contributed by atoms with E-state index in [9.17, 15) is 13.2 Å². The molecule has 2 fully saturated rings. The molecule has 3 heterocycles. The first-order chi connectivity index (χ1) is 13.0. The SMILES string of the molecule is C[C@@H]1CCCCN1CCNC(=O)CC1CCN(S(=O)(=O)c2cccs2)CC1. The molecule has 0 bridgehead atoms. The standard InChI is InChI=1S/C19H31N3O3S2/c1-16-5-2-3-10-21(16)13-9-20-18(23)15-17-7-11-22(12-8-17)27(24,25)19-6-4-14-26-19/h4,6,14,16-17H,2-3,5,7-13,15H2,1H3,(H,20,23)/t16-/m1/s1. The zero-order chi connectivity index (χ0) is 19.3. The molecular formula is C19H31N3O3S2. The van der Waals surface area contributed by atoms with E-state index >= 15 is 0 Å². The quantitative estimate of drug-likeness (QED) is 0.746. The first-order valence-electron chi connectivity index (χ1n) is 10.0. The predicted octanol–water partition coefficient (Wildman–Crippen LogP) is 2.53. The van der Waals surface area contributed by atoms with Gasteiger partial charge in [-0.2, -0.15) is 4.31 Å². The fourth-order valence-corrected chi connectivity index (χ4v) is 6.67. The molecule has 27 heavy (non-hydrogen) atoms. The van der Waals surface area contributed by atoms with Gasteiger partial charge in [-0.05, 0) is 56.5 Å². The highest BCUT2D eigenvalue weighted by molar-refractivity contribution is 7.91. The van der Waals surface area contributed by atoms with E-state index in [1.165, 1.54) is 30.6 Å². The van der Waals surface area contributed by atoms with Gasteiger partial charge < -0.3 is 5.32 Å². The summed E-state index contributed by atoms with van der Waals surface area (Å²) >= 11 is 1.26. The van der Waals surface area contributed by atoms with E-state index in [-0.39, 0.29) is 11.8 Å². The number of thiophene rings is 1. The van der Waals surface area contributed by atoms with Crippen LogP contribution in [0.1, 0.15) is 45.4 Å². The molecule has 0 aliphatic carbocycles. The highest BCUT2D eigenvalue weighted by Crippen LogP contribution is 2.27.